The van der Waals surface area contributed by atoms with Gasteiger partial charge in [-0.1, -0.05) is 11.8 Å². The normalized spacial score (nSPS) is 26.9. The number of hydrogen-bond acceptors (Lipinski definition) is 4. The van der Waals surface area contributed by atoms with Gasteiger partial charge in [-0.3, -0.25) is 14.5 Å². The summed E-state index contributed by atoms with van der Waals surface area (Å²) in [5.74, 6) is 0.287. The Morgan fingerprint density at radius 2 is 2.29 bits per heavy atom. The van der Waals surface area contributed by atoms with Crippen LogP contribution in [0.15, 0.2) is 0 Å². The van der Waals surface area contributed by atoms with E-state index in [9.17, 15) is 9.59 Å². The molecule has 4 nitrogen and oxygen atoms in total. The lowest BCUT2D eigenvalue weighted by Crippen LogP contribution is -2.40. The van der Waals surface area contributed by atoms with Crippen molar-refractivity contribution in [2.45, 2.75) is 18.9 Å². The summed E-state index contributed by atoms with van der Waals surface area (Å²) >= 11 is 1.11. The first-order valence-corrected chi connectivity index (χ1v) is 5.46. The zero-order valence-corrected chi connectivity index (χ0v) is 9.33. The predicted octanol–water partition coefficient (Wildman–Crippen LogP) is 0.856. The Labute approximate surface area is 93.2 Å². The van der Waals surface area contributed by atoms with Crippen LogP contribution in [0.25, 0.3) is 0 Å². The van der Waals surface area contributed by atoms with E-state index in [1.165, 1.54) is 4.90 Å². The van der Waals surface area contributed by atoms with Gasteiger partial charge in [0.1, 0.15) is 0 Å². The summed E-state index contributed by atoms with van der Waals surface area (Å²) in [7, 11) is 0. The SMILES string of the molecule is Cl.O=C1CSC(=O)N1CC1CCCN1. The molecule has 2 saturated heterocycles. The van der Waals surface area contributed by atoms with Crippen molar-refractivity contribution in [1.29, 1.82) is 0 Å². The lowest BCUT2D eigenvalue weighted by molar-refractivity contribution is -0.124. The summed E-state index contributed by atoms with van der Waals surface area (Å²) in [6, 6.07) is 0.326. The maximum Gasteiger partial charge on any atom is 0.288 e. The molecule has 0 aliphatic carbocycles. The van der Waals surface area contributed by atoms with Gasteiger partial charge in [0.15, 0.2) is 0 Å². The average Bonchev–Trinajstić information content (AvgIpc) is 2.70. The van der Waals surface area contributed by atoms with Gasteiger partial charge in [-0.05, 0) is 19.4 Å². The molecular weight excluding hydrogens is 224 g/mol. The van der Waals surface area contributed by atoms with E-state index in [0.717, 1.165) is 31.1 Å². The lowest BCUT2D eigenvalue weighted by Gasteiger charge is -2.17. The Bertz CT molecular complexity index is 227. The summed E-state index contributed by atoms with van der Waals surface area (Å²) in [4.78, 5) is 23.8. The van der Waals surface area contributed by atoms with Crippen LogP contribution in [-0.2, 0) is 4.79 Å². The summed E-state index contributed by atoms with van der Waals surface area (Å²) in [5.41, 5.74) is 0. The fourth-order valence-electron chi connectivity index (χ4n) is 1.69. The summed E-state index contributed by atoms with van der Waals surface area (Å²) in [5, 5.41) is 3.18. The van der Waals surface area contributed by atoms with Gasteiger partial charge in [-0.15, -0.1) is 12.4 Å². The number of hydrogen-bond donors (Lipinski definition) is 1. The highest BCUT2D eigenvalue weighted by atomic mass is 35.5. The first kappa shape index (κ1) is 11.8. The van der Waals surface area contributed by atoms with E-state index in [0.29, 0.717) is 18.3 Å². The van der Waals surface area contributed by atoms with E-state index >= 15 is 0 Å². The van der Waals surface area contributed by atoms with Crippen molar-refractivity contribution in [3.63, 3.8) is 0 Å². The van der Waals surface area contributed by atoms with E-state index in [1.54, 1.807) is 0 Å². The molecule has 0 radical (unpaired) electrons. The average molecular weight is 237 g/mol. The molecule has 6 heteroatoms. The van der Waals surface area contributed by atoms with Crippen LogP contribution >= 0.6 is 24.2 Å². The van der Waals surface area contributed by atoms with E-state index < -0.39 is 0 Å². The minimum Gasteiger partial charge on any atom is -0.312 e. The Morgan fingerprint density at radius 3 is 2.79 bits per heavy atom. The van der Waals surface area contributed by atoms with Crippen LogP contribution in [0.4, 0.5) is 4.79 Å². The molecule has 1 unspecified atom stereocenters. The number of carbonyl (C=O) groups excluding carboxylic acids is 2. The lowest BCUT2D eigenvalue weighted by atomic mass is 10.2. The molecule has 1 atom stereocenters. The minimum atomic E-state index is -0.0845. The molecule has 2 rings (SSSR count). The second-order valence-electron chi connectivity index (χ2n) is 3.35. The third-order valence-electron chi connectivity index (χ3n) is 2.41. The molecule has 14 heavy (non-hydrogen) atoms. The number of amides is 2. The molecule has 2 fully saturated rings. The highest BCUT2D eigenvalue weighted by Gasteiger charge is 2.32. The molecule has 2 heterocycles. The molecule has 0 aromatic rings. The fraction of sp³-hybridized carbons (Fsp3) is 0.750. The third kappa shape index (κ3) is 2.40. The van der Waals surface area contributed by atoms with E-state index in [1.807, 2.05) is 0 Å². The van der Waals surface area contributed by atoms with Crippen molar-refractivity contribution in [3.8, 4) is 0 Å². The molecule has 2 aliphatic rings. The first-order chi connectivity index (χ1) is 6.27. The Morgan fingerprint density at radius 1 is 1.50 bits per heavy atom. The topological polar surface area (TPSA) is 49.4 Å². The maximum absolute atomic E-state index is 11.2. The predicted molar refractivity (Wildman–Crippen MR) is 57.8 cm³/mol. The van der Waals surface area contributed by atoms with Gasteiger partial charge in [-0.2, -0.15) is 0 Å². The number of nitrogens with zero attached hydrogens (tertiary/aromatic N) is 1. The van der Waals surface area contributed by atoms with Gasteiger partial charge < -0.3 is 5.32 Å². The number of carbonyl (C=O) groups is 2. The quantitative estimate of drug-likeness (QED) is 0.773. The van der Waals surface area contributed by atoms with Gasteiger partial charge in [0, 0.05) is 12.6 Å². The Balaban J connectivity index is 0.000000980. The van der Waals surface area contributed by atoms with Crippen LogP contribution in [-0.4, -0.2) is 40.9 Å². The van der Waals surface area contributed by atoms with Crippen molar-refractivity contribution in [2.75, 3.05) is 18.8 Å². The molecule has 0 spiro atoms. The third-order valence-corrected chi connectivity index (χ3v) is 3.26. The number of thioether (sulfide) groups is 1. The highest BCUT2D eigenvalue weighted by molar-refractivity contribution is 8.14. The van der Waals surface area contributed by atoms with Crippen LogP contribution in [0.2, 0.25) is 0 Å². The number of nitrogens with one attached hydrogen (secondary N) is 1. The number of halogens is 1. The van der Waals surface area contributed by atoms with Crippen LogP contribution in [0, 0.1) is 0 Å². The second-order valence-corrected chi connectivity index (χ2v) is 4.28. The fourth-order valence-corrected chi connectivity index (χ4v) is 2.43. The van der Waals surface area contributed by atoms with E-state index in [4.69, 9.17) is 0 Å². The molecule has 2 amide bonds. The molecule has 1 N–H and O–H groups in total. The van der Waals surface area contributed by atoms with Crippen LogP contribution < -0.4 is 5.32 Å². The van der Waals surface area contributed by atoms with E-state index in [-0.39, 0.29) is 23.6 Å². The first-order valence-electron chi connectivity index (χ1n) is 4.48. The number of rotatable bonds is 2. The molecule has 2 aliphatic heterocycles. The summed E-state index contributed by atoms with van der Waals surface area (Å²) in [6.07, 6.45) is 2.22. The van der Waals surface area contributed by atoms with Gasteiger partial charge >= 0.3 is 0 Å². The van der Waals surface area contributed by atoms with Crippen LogP contribution in [0.5, 0.6) is 0 Å². The Kier molecular flexibility index (Phi) is 4.22. The minimum absolute atomic E-state index is 0. The van der Waals surface area contributed by atoms with E-state index in [2.05, 4.69) is 5.32 Å². The second kappa shape index (κ2) is 5.00. The van der Waals surface area contributed by atoms with Crippen LogP contribution in [0.3, 0.4) is 0 Å². The van der Waals surface area contributed by atoms with Crippen molar-refractivity contribution in [3.05, 3.63) is 0 Å². The maximum atomic E-state index is 11.2. The summed E-state index contributed by atoms with van der Waals surface area (Å²) in [6.45, 7) is 1.57. The van der Waals surface area contributed by atoms with Crippen molar-refractivity contribution in [1.82, 2.24) is 10.2 Å². The number of imide groups is 1. The van der Waals surface area contributed by atoms with Crippen molar-refractivity contribution in [2.24, 2.45) is 0 Å². The molecular formula is C8H13ClN2O2S. The monoisotopic (exact) mass is 236 g/mol. The molecule has 0 saturated carbocycles. The summed E-state index contributed by atoms with van der Waals surface area (Å²) < 4.78 is 0. The smallest absolute Gasteiger partial charge is 0.288 e. The van der Waals surface area contributed by atoms with Crippen molar-refractivity contribution < 1.29 is 9.59 Å². The molecule has 0 bridgehead atoms. The van der Waals surface area contributed by atoms with Gasteiger partial charge in [0.2, 0.25) is 5.91 Å². The van der Waals surface area contributed by atoms with Crippen molar-refractivity contribution >= 4 is 35.3 Å². The van der Waals surface area contributed by atoms with Crippen LogP contribution in [0.1, 0.15) is 12.8 Å². The van der Waals surface area contributed by atoms with Gasteiger partial charge in [0.25, 0.3) is 5.24 Å². The zero-order chi connectivity index (χ0) is 9.26. The highest BCUT2D eigenvalue weighted by Crippen LogP contribution is 2.20. The Hall–Kier alpha value is -0.260. The molecule has 0 aromatic carbocycles. The zero-order valence-electron chi connectivity index (χ0n) is 7.69. The van der Waals surface area contributed by atoms with Gasteiger partial charge in [0.05, 0.1) is 5.75 Å². The molecule has 0 aromatic heterocycles. The standard InChI is InChI=1S/C8H12N2O2S.ClH/c11-7-5-13-8(12)10(7)4-6-2-1-3-9-6;/h6,9H,1-5H2;1H. The van der Waals surface area contributed by atoms with Gasteiger partial charge in [-0.25, -0.2) is 0 Å². The largest absolute Gasteiger partial charge is 0.312 e. The molecule has 80 valence electrons.